The van der Waals surface area contributed by atoms with Crippen molar-refractivity contribution < 1.29 is 15.0 Å². The summed E-state index contributed by atoms with van der Waals surface area (Å²) in [6.07, 6.45) is 32.5. The van der Waals surface area contributed by atoms with E-state index in [0.717, 1.165) is 25.7 Å². The number of rotatable bonds is 28. The molecule has 0 aliphatic heterocycles. The largest absolute Gasteiger partial charge is 0.394 e. The quantitative estimate of drug-likeness (QED) is 0.0729. The van der Waals surface area contributed by atoms with Crippen molar-refractivity contribution in [2.24, 2.45) is 0 Å². The van der Waals surface area contributed by atoms with E-state index in [1.165, 1.54) is 116 Å². The van der Waals surface area contributed by atoms with Gasteiger partial charge in [0.2, 0.25) is 5.91 Å². The number of amides is 1. The van der Waals surface area contributed by atoms with Crippen LogP contribution in [0.15, 0.2) is 12.2 Å². The molecule has 0 aliphatic carbocycles. The lowest BCUT2D eigenvalue weighted by atomic mass is 10.0. The van der Waals surface area contributed by atoms with E-state index in [4.69, 9.17) is 0 Å². The predicted octanol–water partition coefficient (Wildman–Crippen LogP) is 8.78. The Balaban J connectivity index is 3.61. The van der Waals surface area contributed by atoms with Crippen LogP contribution in [-0.2, 0) is 4.79 Å². The van der Waals surface area contributed by atoms with Crippen LogP contribution in [0, 0.1) is 0 Å². The molecule has 1 amide bonds. The van der Waals surface area contributed by atoms with Crippen LogP contribution in [0.2, 0.25) is 0 Å². The molecular weight excluding hydrogens is 446 g/mol. The zero-order valence-electron chi connectivity index (χ0n) is 24.3. The van der Waals surface area contributed by atoms with E-state index in [9.17, 15) is 15.0 Å². The number of hydrogen-bond acceptors (Lipinski definition) is 3. The Morgan fingerprint density at radius 1 is 0.639 bits per heavy atom. The Hall–Kier alpha value is -0.870. The molecule has 0 aromatic heterocycles. The van der Waals surface area contributed by atoms with Gasteiger partial charge in [-0.15, -0.1) is 0 Å². The van der Waals surface area contributed by atoms with Gasteiger partial charge in [0.1, 0.15) is 0 Å². The minimum Gasteiger partial charge on any atom is -0.394 e. The summed E-state index contributed by atoms with van der Waals surface area (Å²) in [6, 6.07) is -0.533. The monoisotopic (exact) mass is 509 g/mol. The van der Waals surface area contributed by atoms with Crippen LogP contribution in [0.1, 0.15) is 168 Å². The number of aliphatic hydroxyl groups is 2. The van der Waals surface area contributed by atoms with Gasteiger partial charge < -0.3 is 15.5 Å². The number of unbranched alkanes of at least 4 members (excludes halogenated alkanes) is 19. The van der Waals surface area contributed by atoms with Crippen LogP contribution >= 0.6 is 0 Å². The lowest BCUT2D eigenvalue weighted by Gasteiger charge is -2.22. The molecule has 3 N–H and O–H groups in total. The van der Waals surface area contributed by atoms with Crippen molar-refractivity contribution in [2.75, 3.05) is 6.61 Å². The average molecular weight is 510 g/mol. The van der Waals surface area contributed by atoms with E-state index in [-0.39, 0.29) is 12.5 Å². The Labute approximate surface area is 225 Å². The van der Waals surface area contributed by atoms with Gasteiger partial charge in [0.25, 0.3) is 0 Å². The van der Waals surface area contributed by atoms with Gasteiger partial charge in [-0.1, -0.05) is 135 Å². The molecule has 0 saturated carbocycles. The maximum Gasteiger partial charge on any atom is 0.220 e. The van der Waals surface area contributed by atoms with E-state index >= 15 is 0 Å². The first kappa shape index (κ1) is 35.1. The summed E-state index contributed by atoms with van der Waals surface area (Å²) in [5, 5.41) is 22.9. The summed E-state index contributed by atoms with van der Waals surface area (Å²) < 4.78 is 0. The fraction of sp³-hybridized carbons (Fsp3) is 0.906. The van der Waals surface area contributed by atoms with Crippen molar-refractivity contribution in [1.29, 1.82) is 0 Å². The second kappa shape index (κ2) is 28.7. The van der Waals surface area contributed by atoms with Gasteiger partial charge in [-0.05, 0) is 38.5 Å². The number of aliphatic hydroxyl groups excluding tert-OH is 2. The highest BCUT2D eigenvalue weighted by Crippen LogP contribution is 2.14. The molecule has 0 bridgehead atoms. The smallest absolute Gasteiger partial charge is 0.220 e. The molecule has 4 nitrogen and oxygen atoms in total. The molecule has 0 rings (SSSR count). The topological polar surface area (TPSA) is 69.6 Å². The van der Waals surface area contributed by atoms with Crippen LogP contribution in [0.25, 0.3) is 0 Å². The van der Waals surface area contributed by atoms with Gasteiger partial charge >= 0.3 is 0 Å². The number of carbonyl (C=O) groups is 1. The Morgan fingerprint density at radius 2 is 1.06 bits per heavy atom. The van der Waals surface area contributed by atoms with Crippen molar-refractivity contribution >= 4 is 5.91 Å². The van der Waals surface area contributed by atoms with E-state index in [1.807, 2.05) is 0 Å². The number of hydrogen-bond donors (Lipinski definition) is 3. The van der Waals surface area contributed by atoms with Gasteiger partial charge in [-0.2, -0.15) is 0 Å². The minimum atomic E-state index is -0.655. The van der Waals surface area contributed by atoms with Crippen molar-refractivity contribution in [3.63, 3.8) is 0 Å². The average Bonchev–Trinajstić information content (AvgIpc) is 2.88. The SMILES string of the molecule is CCCCC/C=C\CCCCCCCC(=O)NC(CO)C(O)CCCCCCCCCCCCCC. The minimum absolute atomic E-state index is 0.0437. The van der Waals surface area contributed by atoms with E-state index in [1.54, 1.807) is 0 Å². The molecule has 36 heavy (non-hydrogen) atoms. The first-order valence-electron chi connectivity index (χ1n) is 15.9. The molecule has 0 spiro atoms. The van der Waals surface area contributed by atoms with E-state index in [2.05, 4.69) is 31.3 Å². The first-order chi connectivity index (χ1) is 17.7. The molecule has 0 heterocycles. The lowest BCUT2D eigenvalue weighted by molar-refractivity contribution is -0.123. The molecule has 2 unspecified atom stereocenters. The van der Waals surface area contributed by atoms with E-state index < -0.39 is 12.1 Å². The molecule has 214 valence electrons. The van der Waals surface area contributed by atoms with E-state index in [0.29, 0.717) is 12.8 Å². The van der Waals surface area contributed by atoms with Gasteiger partial charge in [0.05, 0.1) is 18.8 Å². The fourth-order valence-electron chi connectivity index (χ4n) is 4.76. The molecule has 0 fully saturated rings. The maximum atomic E-state index is 12.2. The summed E-state index contributed by atoms with van der Waals surface area (Å²) in [4.78, 5) is 12.2. The van der Waals surface area contributed by atoms with Crippen LogP contribution in [0.4, 0.5) is 0 Å². The molecule has 0 saturated heterocycles. The third kappa shape index (κ3) is 24.8. The number of allylic oxidation sites excluding steroid dienone is 2. The van der Waals surface area contributed by atoms with Gasteiger partial charge in [0.15, 0.2) is 0 Å². The van der Waals surface area contributed by atoms with Crippen LogP contribution in [0.3, 0.4) is 0 Å². The van der Waals surface area contributed by atoms with Crippen molar-refractivity contribution in [1.82, 2.24) is 5.32 Å². The zero-order chi connectivity index (χ0) is 26.5. The van der Waals surface area contributed by atoms with Crippen LogP contribution < -0.4 is 5.32 Å². The normalized spacial score (nSPS) is 13.3. The molecule has 0 aromatic carbocycles. The lowest BCUT2D eigenvalue weighted by Crippen LogP contribution is -2.45. The van der Waals surface area contributed by atoms with Crippen LogP contribution in [0.5, 0.6) is 0 Å². The summed E-state index contributed by atoms with van der Waals surface area (Å²) in [5.74, 6) is -0.0437. The van der Waals surface area contributed by atoms with Crippen molar-refractivity contribution in [3.8, 4) is 0 Å². The van der Waals surface area contributed by atoms with Gasteiger partial charge in [0, 0.05) is 6.42 Å². The highest BCUT2D eigenvalue weighted by Gasteiger charge is 2.19. The molecule has 0 aliphatic rings. The third-order valence-corrected chi connectivity index (χ3v) is 7.28. The first-order valence-corrected chi connectivity index (χ1v) is 15.9. The molecule has 0 aromatic rings. The second-order valence-electron chi connectivity index (χ2n) is 10.9. The Bertz CT molecular complexity index is 480. The summed E-state index contributed by atoms with van der Waals surface area (Å²) in [6.45, 7) is 4.30. The van der Waals surface area contributed by atoms with Crippen molar-refractivity contribution in [3.05, 3.63) is 12.2 Å². The summed E-state index contributed by atoms with van der Waals surface area (Å²) in [7, 11) is 0. The maximum absolute atomic E-state index is 12.2. The summed E-state index contributed by atoms with van der Waals surface area (Å²) in [5.41, 5.74) is 0. The molecular formula is C32H63NO3. The molecule has 4 heteroatoms. The second-order valence-corrected chi connectivity index (χ2v) is 10.9. The zero-order valence-corrected chi connectivity index (χ0v) is 24.3. The highest BCUT2D eigenvalue weighted by atomic mass is 16.3. The summed E-state index contributed by atoms with van der Waals surface area (Å²) >= 11 is 0. The molecule has 0 radical (unpaired) electrons. The van der Waals surface area contributed by atoms with Crippen molar-refractivity contribution in [2.45, 2.75) is 180 Å². The number of carbonyl (C=O) groups excluding carboxylic acids is 1. The predicted molar refractivity (Wildman–Crippen MR) is 156 cm³/mol. The Kier molecular flexibility index (Phi) is 28.0. The Morgan fingerprint density at radius 3 is 1.58 bits per heavy atom. The number of nitrogens with one attached hydrogen (secondary N) is 1. The van der Waals surface area contributed by atoms with Gasteiger partial charge in [-0.3, -0.25) is 4.79 Å². The standard InChI is InChI=1S/C32H63NO3/c1-3-5-7-9-11-13-15-17-19-21-23-25-27-31(35)30(29-34)33-32(36)28-26-24-22-20-18-16-14-12-10-8-6-4-2/h12,14,30-31,34-35H,3-11,13,15-29H2,1-2H3,(H,33,36)/b14-12-. The van der Waals surface area contributed by atoms with Crippen LogP contribution in [-0.4, -0.2) is 34.9 Å². The highest BCUT2D eigenvalue weighted by molar-refractivity contribution is 5.76. The third-order valence-electron chi connectivity index (χ3n) is 7.28. The fourth-order valence-corrected chi connectivity index (χ4v) is 4.76. The molecule has 2 atom stereocenters. The van der Waals surface area contributed by atoms with Gasteiger partial charge in [-0.25, -0.2) is 0 Å².